The van der Waals surface area contributed by atoms with Crippen molar-refractivity contribution in [3.8, 4) is 0 Å². The third-order valence-corrected chi connectivity index (χ3v) is 3.34. The summed E-state index contributed by atoms with van der Waals surface area (Å²) in [5.74, 6) is -0.444. The first-order valence-electron chi connectivity index (χ1n) is 5.37. The fourth-order valence-corrected chi connectivity index (χ4v) is 2.47. The van der Waals surface area contributed by atoms with Crippen molar-refractivity contribution in [2.75, 3.05) is 5.32 Å². The molecule has 1 rings (SSSR count). The topological polar surface area (TPSA) is 85.1 Å². The Morgan fingerprint density at radius 2 is 2.00 bits per heavy atom. The number of nitrogens with zero attached hydrogens (tertiary/aromatic N) is 1. The van der Waals surface area contributed by atoms with Crippen LogP contribution < -0.4 is 11.1 Å². The molecule has 0 saturated heterocycles. The second-order valence-electron chi connectivity index (χ2n) is 4.30. The average Bonchev–Trinajstić information content (AvgIpc) is 2.54. The van der Waals surface area contributed by atoms with Crippen LogP contribution in [-0.2, 0) is 4.79 Å². The maximum absolute atomic E-state index is 11.5. The first kappa shape index (κ1) is 13.6. The molecule has 3 N–H and O–H groups in total. The number of ketones is 1. The molecule has 1 heterocycles. The van der Waals surface area contributed by atoms with Crippen molar-refractivity contribution in [2.45, 2.75) is 33.7 Å². The van der Waals surface area contributed by atoms with E-state index in [1.165, 1.54) is 18.5 Å². The van der Waals surface area contributed by atoms with Gasteiger partial charge in [0.05, 0.1) is 11.3 Å². The lowest BCUT2D eigenvalue weighted by Crippen LogP contribution is -2.39. The Labute approximate surface area is 105 Å². The Balaban J connectivity index is 3.02. The van der Waals surface area contributed by atoms with Gasteiger partial charge in [0.15, 0.2) is 5.78 Å². The number of primary amides is 1. The number of carbonyl (C=O) groups is 2. The van der Waals surface area contributed by atoms with Crippen LogP contribution in [0.5, 0.6) is 0 Å². The predicted octanol–water partition coefficient (Wildman–Crippen LogP) is 1.58. The number of Topliss-reactive ketones (excluding diaryl/α,β-unsaturated/α-hetero) is 1. The SMILES string of the molecule is CC(=O)c1c(C)nsc1NC(C(N)=O)C(C)C. The number of hydrogen-bond acceptors (Lipinski definition) is 5. The maximum Gasteiger partial charge on any atom is 0.240 e. The van der Waals surface area contributed by atoms with Crippen LogP contribution in [0, 0.1) is 12.8 Å². The van der Waals surface area contributed by atoms with Crippen LogP contribution >= 0.6 is 11.5 Å². The van der Waals surface area contributed by atoms with Crippen molar-refractivity contribution in [2.24, 2.45) is 11.7 Å². The molecule has 0 aliphatic carbocycles. The van der Waals surface area contributed by atoms with Crippen molar-refractivity contribution in [3.05, 3.63) is 11.3 Å². The van der Waals surface area contributed by atoms with Crippen molar-refractivity contribution < 1.29 is 9.59 Å². The van der Waals surface area contributed by atoms with Crippen molar-refractivity contribution in [1.29, 1.82) is 0 Å². The highest BCUT2D eigenvalue weighted by Gasteiger charge is 2.23. The lowest BCUT2D eigenvalue weighted by Gasteiger charge is -2.19. The van der Waals surface area contributed by atoms with E-state index in [1.54, 1.807) is 6.92 Å². The molecule has 17 heavy (non-hydrogen) atoms. The van der Waals surface area contributed by atoms with Gasteiger partial charge in [-0.25, -0.2) is 0 Å². The van der Waals surface area contributed by atoms with Gasteiger partial charge in [0, 0.05) is 0 Å². The van der Waals surface area contributed by atoms with Crippen LogP contribution in [0.4, 0.5) is 5.00 Å². The van der Waals surface area contributed by atoms with Gasteiger partial charge in [-0.05, 0) is 31.3 Å². The first-order chi connectivity index (χ1) is 7.84. The monoisotopic (exact) mass is 255 g/mol. The Morgan fingerprint density at radius 1 is 1.41 bits per heavy atom. The summed E-state index contributed by atoms with van der Waals surface area (Å²) in [4.78, 5) is 22.8. The molecule has 6 heteroatoms. The van der Waals surface area contributed by atoms with E-state index in [0.29, 0.717) is 16.3 Å². The summed E-state index contributed by atoms with van der Waals surface area (Å²) in [5, 5.41) is 3.63. The molecular formula is C11H17N3O2S. The minimum absolute atomic E-state index is 0.0507. The summed E-state index contributed by atoms with van der Waals surface area (Å²) in [6.07, 6.45) is 0. The predicted molar refractivity (Wildman–Crippen MR) is 68.3 cm³/mol. The van der Waals surface area contributed by atoms with Gasteiger partial charge in [-0.3, -0.25) is 9.59 Å². The van der Waals surface area contributed by atoms with Gasteiger partial charge in [0.25, 0.3) is 0 Å². The second-order valence-corrected chi connectivity index (χ2v) is 5.07. The Morgan fingerprint density at radius 3 is 2.41 bits per heavy atom. The fourth-order valence-electron chi connectivity index (χ4n) is 1.59. The number of carbonyl (C=O) groups excluding carboxylic acids is 2. The summed E-state index contributed by atoms with van der Waals surface area (Å²) < 4.78 is 4.12. The van der Waals surface area contributed by atoms with Gasteiger partial charge in [-0.2, -0.15) is 4.37 Å². The van der Waals surface area contributed by atoms with Gasteiger partial charge in [-0.15, -0.1) is 0 Å². The Bertz CT molecular complexity index is 440. The van der Waals surface area contributed by atoms with E-state index < -0.39 is 11.9 Å². The van der Waals surface area contributed by atoms with Crippen LogP contribution in [-0.4, -0.2) is 22.1 Å². The Kier molecular flexibility index (Phi) is 4.22. The highest BCUT2D eigenvalue weighted by molar-refractivity contribution is 7.10. The standard InChI is InChI=1S/C11H17N3O2S/c1-5(2)9(10(12)16)13-11-8(7(4)15)6(3)14-17-11/h5,9,13H,1-4H3,(H2,12,16). The van der Waals surface area contributed by atoms with Crippen LogP contribution in [0.15, 0.2) is 0 Å². The molecule has 0 bridgehead atoms. The lowest BCUT2D eigenvalue weighted by molar-refractivity contribution is -0.119. The number of rotatable bonds is 5. The van der Waals surface area contributed by atoms with Crippen LogP contribution in [0.2, 0.25) is 0 Å². The van der Waals surface area contributed by atoms with Gasteiger partial charge in [0.2, 0.25) is 5.91 Å². The number of aromatic nitrogens is 1. The second kappa shape index (κ2) is 5.27. The van der Waals surface area contributed by atoms with E-state index in [9.17, 15) is 9.59 Å². The third kappa shape index (κ3) is 3.03. The molecule has 1 aromatic rings. The van der Waals surface area contributed by atoms with Crippen molar-refractivity contribution in [1.82, 2.24) is 4.37 Å². The van der Waals surface area contributed by atoms with Crippen molar-refractivity contribution >= 4 is 28.2 Å². The molecule has 0 aromatic carbocycles. The summed E-state index contributed by atoms with van der Waals surface area (Å²) in [6, 6.07) is -0.493. The largest absolute Gasteiger partial charge is 0.368 e. The smallest absolute Gasteiger partial charge is 0.240 e. The van der Waals surface area contributed by atoms with Crippen molar-refractivity contribution in [3.63, 3.8) is 0 Å². The van der Waals surface area contributed by atoms with Gasteiger partial charge in [0.1, 0.15) is 11.0 Å². The number of nitrogens with two attached hydrogens (primary N) is 1. The van der Waals surface area contributed by atoms with E-state index in [-0.39, 0.29) is 11.7 Å². The number of anilines is 1. The summed E-state index contributed by atoms with van der Waals surface area (Å²) in [5.41, 5.74) is 6.54. The normalized spacial score (nSPS) is 12.5. The zero-order valence-electron chi connectivity index (χ0n) is 10.4. The molecule has 5 nitrogen and oxygen atoms in total. The van der Waals surface area contributed by atoms with E-state index in [4.69, 9.17) is 5.73 Å². The minimum atomic E-state index is -0.493. The van der Waals surface area contributed by atoms with Crippen LogP contribution in [0.3, 0.4) is 0 Å². The van der Waals surface area contributed by atoms with Gasteiger partial charge in [-0.1, -0.05) is 13.8 Å². The van der Waals surface area contributed by atoms with Gasteiger partial charge < -0.3 is 11.1 Å². The molecule has 94 valence electrons. The molecule has 0 fully saturated rings. The van der Waals surface area contributed by atoms with Crippen LogP contribution in [0.1, 0.15) is 36.8 Å². The molecule has 0 aliphatic heterocycles. The Hall–Kier alpha value is -1.43. The molecule has 0 spiro atoms. The molecule has 0 saturated carbocycles. The number of aryl methyl sites for hydroxylation is 1. The summed E-state index contributed by atoms with van der Waals surface area (Å²) >= 11 is 1.18. The number of nitrogens with one attached hydrogen (secondary N) is 1. The molecule has 0 aliphatic rings. The van der Waals surface area contributed by atoms with Crippen LogP contribution in [0.25, 0.3) is 0 Å². The summed E-state index contributed by atoms with van der Waals surface area (Å²) in [7, 11) is 0. The molecule has 1 aromatic heterocycles. The quantitative estimate of drug-likeness (QED) is 0.782. The van der Waals surface area contributed by atoms with E-state index in [0.717, 1.165) is 0 Å². The van der Waals surface area contributed by atoms with E-state index in [2.05, 4.69) is 9.69 Å². The fraction of sp³-hybridized carbons (Fsp3) is 0.545. The zero-order chi connectivity index (χ0) is 13.2. The zero-order valence-corrected chi connectivity index (χ0v) is 11.2. The average molecular weight is 255 g/mol. The third-order valence-electron chi connectivity index (χ3n) is 2.47. The lowest BCUT2D eigenvalue weighted by atomic mass is 10.0. The molecular weight excluding hydrogens is 238 g/mol. The highest BCUT2D eigenvalue weighted by Crippen LogP contribution is 2.26. The molecule has 1 amide bonds. The molecule has 1 atom stereocenters. The minimum Gasteiger partial charge on any atom is -0.368 e. The van der Waals surface area contributed by atoms with Gasteiger partial charge >= 0.3 is 0 Å². The summed E-state index contributed by atoms with van der Waals surface area (Å²) in [6.45, 7) is 7.04. The highest BCUT2D eigenvalue weighted by atomic mass is 32.1. The number of hydrogen-bond donors (Lipinski definition) is 2. The van der Waals surface area contributed by atoms with E-state index >= 15 is 0 Å². The number of amides is 1. The maximum atomic E-state index is 11.5. The van der Waals surface area contributed by atoms with E-state index in [1.807, 2.05) is 13.8 Å². The molecule has 0 radical (unpaired) electrons. The first-order valence-corrected chi connectivity index (χ1v) is 6.15. The molecule has 1 unspecified atom stereocenters.